The first kappa shape index (κ1) is 14.1. The average Bonchev–Trinajstić information content (AvgIpc) is 2.35. The molecule has 0 saturated carbocycles. The van der Waals surface area contributed by atoms with Crippen molar-refractivity contribution in [3.8, 4) is 0 Å². The van der Waals surface area contributed by atoms with Gasteiger partial charge in [-0.1, -0.05) is 0 Å². The van der Waals surface area contributed by atoms with Crippen LogP contribution in [0.2, 0.25) is 0 Å². The third kappa shape index (κ3) is 3.51. The Hall–Kier alpha value is -1.99. The van der Waals surface area contributed by atoms with E-state index in [1.54, 1.807) is 0 Å². The predicted octanol–water partition coefficient (Wildman–Crippen LogP) is 0.125. The number of rotatable bonds is 5. The first-order valence-corrected chi connectivity index (χ1v) is 5.26. The van der Waals surface area contributed by atoms with Crippen LogP contribution in [0.15, 0.2) is 24.3 Å². The number of benzene rings is 1. The van der Waals surface area contributed by atoms with Crippen LogP contribution in [0.5, 0.6) is 0 Å². The summed E-state index contributed by atoms with van der Waals surface area (Å²) in [6.07, 6.45) is -1.13. The molecule has 0 heterocycles. The first-order valence-electron chi connectivity index (χ1n) is 5.26. The molecule has 0 saturated heterocycles. The van der Waals surface area contributed by atoms with E-state index in [0.717, 1.165) is 0 Å². The molecule has 1 aromatic rings. The number of hydrogen-bond donors (Lipinski definition) is 3. The molecule has 1 amide bonds. The predicted molar refractivity (Wildman–Crippen MR) is 62.7 cm³/mol. The number of hydrogen-bond acceptors (Lipinski definition) is 5. The van der Waals surface area contributed by atoms with Crippen molar-refractivity contribution in [2.75, 3.05) is 6.61 Å². The Bertz CT molecular complexity index is 432. The lowest BCUT2D eigenvalue weighted by Gasteiger charge is -2.21. The zero-order chi connectivity index (χ0) is 13.7. The smallest absolute Gasteiger partial charge is 0.269 e. The van der Waals surface area contributed by atoms with E-state index < -0.39 is 23.7 Å². The van der Waals surface area contributed by atoms with Crippen LogP contribution in [0.25, 0.3) is 0 Å². The molecule has 0 fully saturated rings. The zero-order valence-electron chi connectivity index (χ0n) is 9.74. The zero-order valence-corrected chi connectivity index (χ0v) is 9.74. The second-order valence-corrected chi connectivity index (χ2v) is 3.78. The highest BCUT2D eigenvalue weighted by molar-refractivity contribution is 5.73. The Balaban J connectivity index is 2.84. The van der Waals surface area contributed by atoms with E-state index in [2.05, 4.69) is 5.32 Å². The molecular weight excluding hydrogens is 240 g/mol. The van der Waals surface area contributed by atoms with E-state index in [-0.39, 0.29) is 11.6 Å². The lowest BCUT2D eigenvalue weighted by Crippen LogP contribution is -2.40. The summed E-state index contributed by atoms with van der Waals surface area (Å²) in [6.45, 7) is 0.836. The van der Waals surface area contributed by atoms with E-state index in [4.69, 9.17) is 5.11 Å². The van der Waals surface area contributed by atoms with Crippen molar-refractivity contribution in [3.05, 3.63) is 39.9 Å². The van der Waals surface area contributed by atoms with Crippen LogP contribution >= 0.6 is 0 Å². The molecule has 0 aliphatic heterocycles. The summed E-state index contributed by atoms with van der Waals surface area (Å²) in [7, 11) is 0. The van der Waals surface area contributed by atoms with E-state index in [9.17, 15) is 20.0 Å². The number of aliphatic hydroxyl groups is 2. The Morgan fingerprint density at radius 1 is 1.44 bits per heavy atom. The van der Waals surface area contributed by atoms with Crippen LogP contribution in [-0.2, 0) is 4.79 Å². The fourth-order valence-electron chi connectivity index (χ4n) is 1.51. The van der Waals surface area contributed by atoms with Gasteiger partial charge in [-0.25, -0.2) is 0 Å². The number of carbonyl (C=O) groups excluding carboxylic acids is 1. The van der Waals surface area contributed by atoms with Crippen LogP contribution < -0.4 is 5.32 Å². The maximum atomic E-state index is 10.9. The third-order valence-corrected chi connectivity index (χ3v) is 2.41. The number of carbonyl (C=O) groups is 1. The van der Waals surface area contributed by atoms with Crippen LogP contribution in [0.4, 0.5) is 5.69 Å². The molecule has 18 heavy (non-hydrogen) atoms. The maximum absolute atomic E-state index is 10.9. The van der Waals surface area contributed by atoms with Gasteiger partial charge in [0.1, 0.15) is 6.10 Å². The minimum Gasteiger partial charge on any atom is -0.394 e. The summed E-state index contributed by atoms with van der Waals surface area (Å²) >= 11 is 0. The van der Waals surface area contributed by atoms with E-state index in [1.165, 1.54) is 31.2 Å². The van der Waals surface area contributed by atoms with Crippen molar-refractivity contribution < 1.29 is 19.9 Å². The Morgan fingerprint density at radius 3 is 2.39 bits per heavy atom. The van der Waals surface area contributed by atoms with Gasteiger partial charge in [-0.05, 0) is 17.7 Å². The van der Waals surface area contributed by atoms with Gasteiger partial charge in [0.25, 0.3) is 5.69 Å². The van der Waals surface area contributed by atoms with Gasteiger partial charge in [0.15, 0.2) is 0 Å². The number of nitrogens with one attached hydrogen (secondary N) is 1. The van der Waals surface area contributed by atoms with Crippen molar-refractivity contribution in [1.29, 1.82) is 0 Å². The SMILES string of the molecule is CC(=O)N[C@@H](CO)C(O)c1ccc([N+](=O)[O-])cc1. The second-order valence-electron chi connectivity index (χ2n) is 3.78. The lowest BCUT2D eigenvalue weighted by atomic mass is 10.0. The highest BCUT2D eigenvalue weighted by Crippen LogP contribution is 2.20. The molecule has 0 aromatic heterocycles. The molecular formula is C11H14N2O5. The topological polar surface area (TPSA) is 113 Å². The summed E-state index contributed by atoms with van der Waals surface area (Å²) in [5.41, 5.74) is 0.291. The second kappa shape index (κ2) is 6.08. The van der Waals surface area contributed by atoms with Gasteiger partial charge in [0, 0.05) is 19.1 Å². The number of nitrogens with zero attached hydrogens (tertiary/aromatic N) is 1. The number of aliphatic hydroxyl groups excluding tert-OH is 2. The molecule has 98 valence electrons. The molecule has 1 aromatic carbocycles. The quantitative estimate of drug-likeness (QED) is 0.510. The van der Waals surface area contributed by atoms with Crippen molar-refractivity contribution in [1.82, 2.24) is 5.32 Å². The van der Waals surface area contributed by atoms with Gasteiger partial charge in [-0.15, -0.1) is 0 Å². The monoisotopic (exact) mass is 254 g/mol. The van der Waals surface area contributed by atoms with Crippen LogP contribution in [0, 0.1) is 10.1 Å². The molecule has 1 unspecified atom stereocenters. The summed E-state index contributed by atoms with van der Waals surface area (Å²) in [4.78, 5) is 20.8. The van der Waals surface area contributed by atoms with Gasteiger partial charge in [0.05, 0.1) is 17.6 Å². The Labute approximate surface area is 103 Å². The van der Waals surface area contributed by atoms with Crippen molar-refractivity contribution in [2.24, 2.45) is 0 Å². The summed E-state index contributed by atoms with van der Waals surface area (Å²) in [5.74, 6) is -0.380. The third-order valence-electron chi connectivity index (χ3n) is 2.41. The van der Waals surface area contributed by atoms with Crippen LogP contribution in [0.3, 0.4) is 0 Å². The fraction of sp³-hybridized carbons (Fsp3) is 0.364. The van der Waals surface area contributed by atoms with Gasteiger partial charge in [-0.3, -0.25) is 14.9 Å². The van der Waals surface area contributed by atoms with Crippen molar-refractivity contribution in [2.45, 2.75) is 19.1 Å². The van der Waals surface area contributed by atoms with E-state index in [1.807, 2.05) is 0 Å². The molecule has 3 N–H and O–H groups in total. The molecule has 1 rings (SSSR count). The number of amides is 1. The molecule has 0 bridgehead atoms. The number of nitro benzene ring substituents is 1. The molecule has 0 aliphatic carbocycles. The minimum atomic E-state index is -1.13. The van der Waals surface area contributed by atoms with Crippen LogP contribution in [0.1, 0.15) is 18.6 Å². The molecule has 0 aliphatic rings. The minimum absolute atomic E-state index is 0.0916. The van der Waals surface area contributed by atoms with Gasteiger partial charge in [0.2, 0.25) is 5.91 Å². The molecule has 7 nitrogen and oxygen atoms in total. The Morgan fingerprint density at radius 2 is 2.00 bits per heavy atom. The number of nitro groups is 1. The summed E-state index contributed by atoms with van der Waals surface area (Å²) in [6, 6.07) is 4.42. The fourth-order valence-corrected chi connectivity index (χ4v) is 1.51. The number of non-ortho nitro benzene ring substituents is 1. The summed E-state index contributed by atoms with van der Waals surface area (Å²) < 4.78 is 0. The summed E-state index contributed by atoms with van der Waals surface area (Å²) in [5, 5.41) is 31.8. The highest BCUT2D eigenvalue weighted by atomic mass is 16.6. The molecule has 7 heteroatoms. The molecule has 0 radical (unpaired) electrons. The highest BCUT2D eigenvalue weighted by Gasteiger charge is 2.21. The lowest BCUT2D eigenvalue weighted by molar-refractivity contribution is -0.384. The first-order chi connectivity index (χ1) is 8.45. The molecule has 2 atom stereocenters. The van der Waals surface area contributed by atoms with Gasteiger partial charge < -0.3 is 15.5 Å². The van der Waals surface area contributed by atoms with Crippen molar-refractivity contribution in [3.63, 3.8) is 0 Å². The normalized spacial score (nSPS) is 13.7. The molecule has 0 spiro atoms. The van der Waals surface area contributed by atoms with Gasteiger partial charge in [-0.2, -0.15) is 0 Å². The largest absolute Gasteiger partial charge is 0.394 e. The van der Waals surface area contributed by atoms with Crippen LogP contribution in [-0.4, -0.2) is 33.7 Å². The maximum Gasteiger partial charge on any atom is 0.269 e. The Kier molecular flexibility index (Phi) is 4.75. The standard InChI is InChI=1S/C11H14N2O5/c1-7(15)12-10(6-14)11(16)8-2-4-9(5-3-8)13(17)18/h2-5,10-11,14,16H,6H2,1H3,(H,12,15)/t10-,11?/m0/s1. The van der Waals surface area contributed by atoms with E-state index >= 15 is 0 Å². The van der Waals surface area contributed by atoms with E-state index in [0.29, 0.717) is 5.56 Å². The van der Waals surface area contributed by atoms with Gasteiger partial charge >= 0.3 is 0 Å². The van der Waals surface area contributed by atoms with Crippen molar-refractivity contribution >= 4 is 11.6 Å². The average molecular weight is 254 g/mol.